The first kappa shape index (κ1) is 15.9. The number of rotatable bonds is 7. The van der Waals surface area contributed by atoms with E-state index in [1.165, 1.54) is 0 Å². The predicted molar refractivity (Wildman–Crippen MR) is 71.2 cm³/mol. The molecule has 6 nitrogen and oxygen atoms in total. The molecule has 0 aromatic heterocycles. The van der Waals surface area contributed by atoms with Crippen LogP contribution in [0.5, 0.6) is 0 Å². The van der Waals surface area contributed by atoms with Crippen molar-refractivity contribution in [2.45, 2.75) is 26.2 Å². The lowest BCUT2D eigenvalue weighted by Crippen LogP contribution is -2.35. The summed E-state index contributed by atoms with van der Waals surface area (Å²) in [5, 5.41) is 17.5. The fraction of sp³-hybridized carbons (Fsp3) is 0.846. The van der Waals surface area contributed by atoms with Gasteiger partial charge in [0, 0.05) is 26.1 Å². The number of hydrogen-bond acceptors (Lipinski definition) is 4. The molecule has 1 saturated heterocycles. The van der Waals surface area contributed by atoms with Crippen LogP contribution in [0.2, 0.25) is 0 Å². The van der Waals surface area contributed by atoms with Crippen LogP contribution in [0.25, 0.3) is 0 Å². The first-order valence-electron chi connectivity index (χ1n) is 6.88. The molecule has 1 rings (SSSR count). The lowest BCUT2D eigenvalue weighted by Gasteiger charge is -2.23. The molecule has 0 radical (unpaired) electrons. The number of aliphatic carboxylic acids is 2. The van der Waals surface area contributed by atoms with Crippen molar-refractivity contribution in [2.75, 3.05) is 39.3 Å². The number of carboxylic acid groups (broad SMARTS) is 2. The molecule has 19 heavy (non-hydrogen) atoms. The molecule has 0 spiro atoms. The van der Waals surface area contributed by atoms with E-state index in [4.69, 9.17) is 10.2 Å². The van der Waals surface area contributed by atoms with E-state index in [-0.39, 0.29) is 12.3 Å². The Morgan fingerprint density at radius 1 is 1.11 bits per heavy atom. The normalized spacial score (nSPS) is 19.8. The van der Waals surface area contributed by atoms with Gasteiger partial charge in [-0.15, -0.1) is 0 Å². The molecule has 0 aliphatic carbocycles. The van der Waals surface area contributed by atoms with Gasteiger partial charge in [-0.2, -0.15) is 0 Å². The standard InChI is InChI=1S/C13H24N2O4/c1-11(13(18)19)10-15-7-3-6-14(8-9-15)5-2-4-12(16)17/h11H,2-10H2,1H3,(H,16,17)(H,18,19). The molecule has 0 aromatic carbocycles. The zero-order valence-corrected chi connectivity index (χ0v) is 11.5. The summed E-state index contributed by atoms with van der Waals surface area (Å²) in [6, 6.07) is 0. The Kier molecular flexibility index (Phi) is 6.80. The summed E-state index contributed by atoms with van der Waals surface area (Å²) in [7, 11) is 0. The van der Waals surface area contributed by atoms with Gasteiger partial charge >= 0.3 is 11.9 Å². The smallest absolute Gasteiger partial charge is 0.307 e. The molecule has 1 atom stereocenters. The summed E-state index contributed by atoms with van der Waals surface area (Å²) >= 11 is 0. The van der Waals surface area contributed by atoms with E-state index in [0.717, 1.165) is 39.1 Å². The summed E-state index contributed by atoms with van der Waals surface area (Å²) in [6.07, 6.45) is 1.91. The minimum absolute atomic E-state index is 0.219. The minimum atomic E-state index is -0.748. The van der Waals surface area contributed by atoms with Gasteiger partial charge in [0.05, 0.1) is 5.92 Å². The molecule has 0 amide bonds. The van der Waals surface area contributed by atoms with Gasteiger partial charge in [-0.25, -0.2) is 0 Å². The Hall–Kier alpha value is -1.14. The maximum atomic E-state index is 10.8. The fourth-order valence-corrected chi connectivity index (χ4v) is 2.35. The van der Waals surface area contributed by atoms with Crippen LogP contribution < -0.4 is 0 Å². The van der Waals surface area contributed by atoms with Crippen molar-refractivity contribution in [3.63, 3.8) is 0 Å². The monoisotopic (exact) mass is 272 g/mol. The quantitative estimate of drug-likeness (QED) is 0.705. The molecule has 1 aliphatic rings. The highest BCUT2D eigenvalue weighted by Crippen LogP contribution is 2.07. The van der Waals surface area contributed by atoms with Crippen molar-refractivity contribution in [2.24, 2.45) is 5.92 Å². The highest BCUT2D eigenvalue weighted by atomic mass is 16.4. The molecule has 0 bridgehead atoms. The summed E-state index contributed by atoms with van der Waals surface area (Å²) in [6.45, 7) is 6.80. The Morgan fingerprint density at radius 3 is 2.37 bits per heavy atom. The maximum Gasteiger partial charge on any atom is 0.307 e. The lowest BCUT2D eigenvalue weighted by molar-refractivity contribution is -0.141. The highest BCUT2D eigenvalue weighted by Gasteiger charge is 2.19. The molecule has 1 aliphatic heterocycles. The van der Waals surface area contributed by atoms with Crippen LogP contribution in [0.3, 0.4) is 0 Å². The Balaban J connectivity index is 2.27. The summed E-state index contributed by atoms with van der Waals surface area (Å²) in [5.41, 5.74) is 0. The fourth-order valence-electron chi connectivity index (χ4n) is 2.35. The van der Waals surface area contributed by atoms with Gasteiger partial charge in [-0.3, -0.25) is 9.59 Å². The van der Waals surface area contributed by atoms with Gasteiger partial charge in [-0.1, -0.05) is 6.92 Å². The topological polar surface area (TPSA) is 81.1 Å². The largest absolute Gasteiger partial charge is 0.481 e. The molecule has 0 aromatic rings. The molecule has 0 saturated carbocycles. The summed E-state index contributed by atoms with van der Waals surface area (Å²) in [4.78, 5) is 25.8. The maximum absolute atomic E-state index is 10.8. The van der Waals surface area contributed by atoms with Crippen molar-refractivity contribution in [1.29, 1.82) is 0 Å². The zero-order chi connectivity index (χ0) is 14.3. The van der Waals surface area contributed by atoms with Gasteiger partial charge in [0.15, 0.2) is 0 Å². The zero-order valence-electron chi connectivity index (χ0n) is 11.5. The summed E-state index contributed by atoms with van der Waals surface area (Å²) < 4.78 is 0. The van der Waals surface area contributed by atoms with Crippen LogP contribution in [0, 0.1) is 5.92 Å². The van der Waals surface area contributed by atoms with Crippen LogP contribution in [-0.4, -0.2) is 71.2 Å². The van der Waals surface area contributed by atoms with E-state index in [2.05, 4.69) is 9.80 Å². The third-order valence-electron chi connectivity index (χ3n) is 3.50. The van der Waals surface area contributed by atoms with E-state index in [1.807, 2.05) is 0 Å². The highest BCUT2D eigenvalue weighted by molar-refractivity contribution is 5.69. The second-order valence-electron chi connectivity index (χ2n) is 5.23. The third-order valence-corrected chi connectivity index (χ3v) is 3.50. The average Bonchev–Trinajstić information content (AvgIpc) is 2.54. The van der Waals surface area contributed by atoms with Crippen LogP contribution in [-0.2, 0) is 9.59 Å². The Labute approximate surface area is 114 Å². The van der Waals surface area contributed by atoms with Crippen molar-refractivity contribution < 1.29 is 19.8 Å². The van der Waals surface area contributed by atoms with Crippen molar-refractivity contribution in [1.82, 2.24) is 9.80 Å². The molecule has 1 unspecified atom stereocenters. The van der Waals surface area contributed by atoms with Crippen LogP contribution in [0.1, 0.15) is 26.2 Å². The van der Waals surface area contributed by atoms with Crippen molar-refractivity contribution >= 4 is 11.9 Å². The van der Waals surface area contributed by atoms with Crippen LogP contribution in [0.15, 0.2) is 0 Å². The van der Waals surface area contributed by atoms with Gasteiger partial charge in [0.1, 0.15) is 0 Å². The van der Waals surface area contributed by atoms with Gasteiger partial charge in [-0.05, 0) is 32.5 Å². The predicted octanol–water partition coefficient (Wildman–Crippen LogP) is 0.580. The van der Waals surface area contributed by atoms with E-state index in [9.17, 15) is 9.59 Å². The number of carboxylic acids is 2. The van der Waals surface area contributed by atoms with Gasteiger partial charge < -0.3 is 20.0 Å². The molecular weight excluding hydrogens is 248 g/mol. The van der Waals surface area contributed by atoms with Crippen LogP contribution >= 0.6 is 0 Å². The van der Waals surface area contributed by atoms with E-state index in [0.29, 0.717) is 13.0 Å². The van der Waals surface area contributed by atoms with Crippen molar-refractivity contribution in [3.05, 3.63) is 0 Å². The van der Waals surface area contributed by atoms with Crippen molar-refractivity contribution in [3.8, 4) is 0 Å². The second kappa shape index (κ2) is 8.12. The summed E-state index contributed by atoms with van der Waals surface area (Å²) in [5.74, 6) is -1.83. The average molecular weight is 272 g/mol. The third kappa shape index (κ3) is 6.54. The van der Waals surface area contributed by atoms with E-state index in [1.54, 1.807) is 6.92 Å². The molecule has 6 heteroatoms. The van der Waals surface area contributed by atoms with E-state index >= 15 is 0 Å². The Morgan fingerprint density at radius 2 is 1.74 bits per heavy atom. The number of hydrogen-bond donors (Lipinski definition) is 2. The molecule has 110 valence electrons. The Bertz CT molecular complexity index is 309. The number of carbonyl (C=O) groups is 2. The van der Waals surface area contributed by atoms with Crippen LogP contribution in [0.4, 0.5) is 0 Å². The lowest BCUT2D eigenvalue weighted by atomic mass is 10.1. The minimum Gasteiger partial charge on any atom is -0.481 e. The first-order valence-corrected chi connectivity index (χ1v) is 6.88. The number of nitrogens with zero attached hydrogens (tertiary/aromatic N) is 2. The molecule has 1 heterocycles. The SMILES string of the molecule is CC(CN1CCCN(CCCC(=O)O)CC1)C(=O)O. The molecule has 1 fully saturated rings. The van der Waals surface area contributed by atoms with Gasteiger partial charge in [0.2, 0.25) is 0 Å². The van der Waals surface area contributed by atoms with Gasteiger partial charge in [0.25, 0.3) is 0 Å². The van der Waals surface area contributed by atoms with E-state index < -0.39 is 11.9 Å². The second-order valence-corrected chi connectivity index (χ2v) is 5.23. The molecular formula is C13H24N2O4. The first-order chi connectivity index (χ1) is 8.99. The molecule has 2 N–H and O–H groups in total.